The van der Waals surface area contributed by atoms with Gasteiger partial charge in [0.25, 0.3) is 11.8 Å². The van der Waals surface area contributed by atoms with Crippen LogP contribution < -0.4 is 15.1 Å². The summed E-state index contributed by atoms with van der Waals surface area (Å²) in [5.41, 5.74) is 1.54. The van der Waals surface area contributed by atoms with Crippen molar-refractivity contribution in [2.45, 2.75) is 0 Å². The molecule has 0 saturated carbocycles. The van der Waals surface area contributed by atoms with Crippen molar-refractivity contribution in [2.75, 3.05) is 23.9 Å². The van der Waals surface area contributed by atoms with Crippen LogP contribution in [0.5, 0.6) is 0 Å². The van der Waals surface area contributed by atoms with Crippen LogP contribution in [0.2, 0.25) is 10.0 Å². The summed E-state index contributed by atoms with van der Waals surface area (Å²) < 4.78 is 0. The fourth-order valence-electron chi connectivity index (χ4n) is 2.58. The van der Waals surface area contributed by atoms with Gasteiger partial charge in [-0.1, -0.05) is 41.4 Å². The van der Waals surface area contributed by atoms with E-state index in [2.05, 4.69) is 5.32 Å². The largest absolute Gasteiger partial charge is 0.378 e. The highest BCUT2D eigenvalue weighted by molar-refractivity contribution is 6.46. The van der Waals surface area contributed by atoms with Crippen molar-refractivity contribution in [3.05, 3.63) is 63.6 Å². The zero-order valence-corrected chi connectivity index (χ0v) is 16.0. The monoisotopic (exact) mass is 403 g/mol. The molecule has 0 spiro atoms. The summed E-state index contributed by atoms with van der Waals surface area (Å²) in [7, 11) is 3.81. The van der Waals surface area contributed by atoms with Crippen molar-refractivity contribution < 1.29 is 14.4 Å². The highest BCUT2D eigenvalue weighted by Gasteiger charge is 2.37. The maximum atomic E-state index is 12.9. The Morgan fingerprint density at radius 1 is 1.00 bits per heavy atom. The molecule has 0 unspecified atom stereocenters. The van der Waals surface area contributed by atoms with Gasteiger partial charge in [0.2, 0.25) is 0 Å². The minimum atomic E-state index is -0.880. The summed E-state index contributed by atoms with van der Waals surface area (Å²) in [6.07, 6.45) is 1.43. The van der Waals surface area contributed by atoms with Gasteiger partial charge in [-0.25, -0.2) is 9.69 Å². The molecule has 0 bridgehead atoms. The smallest absolute Gasteiger partial charge is 0.336 e. The Bertz CT molecular complexity index is 969. The number of rotatable bonds is 3. The van der Waals surface area contributed by atoms with Crippen LogP contribution in [0, 0.1) is 0 Å². The van der Waals surface area contributed by atoms with Gasteiger partial charge in [-0.2, -0.15) is 0 Å². The van der Waals surface area contributed by atoms with Gasteiger partial charge >= 0.3 is 6.03 Å². The molecule has 0 radical (unpaired) electrons. The Balaban J connectivity index is 2.01. The van der Waals surface area contributed by atoms with E-state index in [0.29, 0.717) is 5.56 Å². The zero-order valence-electron chi connectivity index (χ0n) is 14.5. The second-order valence-electron chi connectivity index (χ2n) is 6.02. The summed E-state index contributed by atoms with van der Waals surface area (Å²) in [6, 6.07) is 11.0. The molecule has 1 fully saturated rings. The van der Waals surface area contributed by atoms with Crippen LogP contribution in [0.1, 0.15) is 5.56 Å². The van der Waals surface area contributed by atoms with Crippen molar-refractivity contribution in [3.8, 4) is 0 Å². The Morgan fingerprint density at radius 3 is 2.30 bits per heavy atom. The molecule has 1 heterocycles. The first-order chi connectivity index (χ1) is 12.8. The Kier molecular flexibility index (Phi) is 5.21. The number of hydrogen-bond acceptors (Lipinski definition) is 4. The molecule has 0 aliphatic carbocycles. The first kappa shape index (κ1) is 18.9. The number of hydrogen-bond donors (Lipinski definition) is 1. The van der Waals surface area contributed by atoms with Crippen molar-refractivity contribution >= 4 is 58.5 Å². The average Bonchev–Trinajstić information content (AvgIpc) is 2.62. The Morgan fingerprint density at radius 2 is 1.67 bits per heavy atom. The predicted molar refractivity (Wildman–Crippen MR) is 106 cm³/mol. The summed E-state index contributed by atoms with van der Waals surface area (Å²) in [5.74, 6) is -1.54. The molecule has 0 atom stereocenters. The van der Waals surface area contributed by atoms with E-state index >= 15 is 0 Å². The summed E-state index contributed by atoms with van der Waals surface area (Å²) in [6.45, 7) is 0. The average molecular weight is 404 g/mol. The summed E-state index contributed by atoms with van der Waals surface area (Å²) >= 11 is 12.1. The Hall–Kier alpha value is -2.83. The third-order valence-corrected chi connectivity index (χ3v) is 4.80. The predicted octanol–water partition coefficient (Wildman–Crippen LogP) is 3.73. The van der Waals surface area contributed by atoms with E-state index in [1.165, 1.54) is 18.2 Å². The van der Waals surface area contributed by atoms with Gasteiger partial charge in [0.1, 0.15) is 5.57 Å². The molecule has 1 saturated heterocycles. The number of benzene rings is 2. The topological polar surface area (TPSA) is 69.7 Å². The number of nitrogens with zero attached hydrogens (tertiary/aromatic N) is 2. The molecule has 1 aliphatic rings. The lowest BCUT2D eigenvalue weighted by Gasteiger charge is -2.27. The van der Waals surface area contributed by atoms with Gasteiger partial charge in [0, 0.05) is 19.8 Å². The first-order valence-electron chi connectivity index (χ1n) is 7.92. The molecule has 8 heteroatoms. The number of nitrogens with one attached hydrogen (secondary N) is 1. The van der Waals surface area contributed by atoms with E-state index in [0.717, 1.165) is 10.6 Å². The standard InChI is InChI=1S/C19H15Cl2N3O3/c1-23(2)12-8-6-11(7-9-12)10-13-17(25)22-19(27)24(18(13)26)15-5-3-4-14(20)16(15)21/h3-10H,1-2H3,(H,22,25,27)/b13-10+. The molecule has 0 aromatic heterocycles. The highest BCUT2D eigenvalue weighted by Crippen LogP contribution is 2.34. The lowest BCUT2D eigenvalue weighted by atomic mass is 10.1. The fourth-order valence-corrected chi connectivity index (χ4v) is 2.96. The van der Waals surface area contributed by atoms with Crippen LogP contribution in [-0.4, -0.2) is 31.9 Å². The Labute approximate surface area is 166 Å². The first-order valence-corrected chi connectivity index (χ1v) is 8.68. The lowest BCUT2D eigenvalue weighted by molar-refractivity contribution is -0.122. The number of carbonyl (C=O) groups excluding carboxylic acids is 3. The SMILES string of the molecule is CN(C)c1ccc(/C=C2\C(=O)NC(=O)N(c3cccc(Cl)c3Cl)C2=O)cc1. The van der Waals surface area contributed by atoms with Crippen molar-refractivity contribution in [2.24, 2.45) is 0 Å². The zero-order chi connectivity index (χ0) is 19.7. The number of halogens is 2. The number of amides is 4. The second kappa shape index (κ2) is 7.42. The van der Waals surface area contributed by atoms with Crippen molar-refractivity contribution in [1.82, 2.24) is 5.32 Å². The maximum Gasteiger partial charge on any atom is 0.336 e. The molecule has 4 amide bonds. The van der Waals surface area contributed by atoms with Gasteiger partial charge in [0.05, 0.1) is 15.7 Å². The summed E-state index contributed by atoms with van der Waals surface area (Å²) in [5, 5.41) is 2.39. The van der Waals surface area contributed by atoms with Crippen molar-refractivity contribution in [3.63, 3.8) is 0 Å². The molecule has 1 N–H and O–H groups in total. The van der Waals surface area contributed by atoms with E-state index in [4.69, 9.17) is 23.2 Å². The molecule has 27 heavy (non-hydrogen) atoms. The molecule has 3 rings (SSSR count). The van der Waals surface area contributed by atoms with Crippen LogP contribution in [0.15, 0.2) is 48.0 Å². The van der Waals surface area contributed by atoms with Crippen LogP contribution >= 0.6 is 23.2 Å². The highest BCUT2D eigenvalue weighted by atomic mass is 35.5. The number of urea groups is 1. The minimum Gasteiger partial charge on any atom is -0.378 e. The minimum absolute atomic E-state index is 0.0479. The van der Waals surface area contributed by atoms with E-state index in [1.54, 1.807) is 18.2 Å². The summed E-state index contributed by atoms with van der Waals surface area (Å²) in [4.78, 5) is 40.0. The van der Waals surface area contributed by atoms with Crippen molar-refractivity contribution in [1.29, 1.82) is 0 Å². The van der Waals surface area contributed by atoms with Crippen LogP contribution in [0.4, 0.5) is 16.2 Å². The van der Waals surface area contributed by atoms with Crippen LogP contribution in [0.3, 0.4) is 0 Å². The van der Waals surface area contributed by atoms with Crippen LogP contribution in [0.25, 0.3) is 6.08 Å². The van der Waals surface area contributed by atoms with E-state index < -0.39 is 17.8 Å². The third-order valence-electron chi connectivity index (χ3n) is 3.99. The molecule has 138 valence electrons. The number of barbiturate groups is 1. The number of carbonyl (C=O) groups is 3. The molecular formula is C19H15Cl2N3O3. The fraction of sp³-hybridized carbons (Fsp3) is 0.105. The van der Waals surface area contributed by atoms with Gasteiger partial charge < -0.3 is 4.90 Å². The molecule has 1 aliphatic heterocycles. The molecule has 6 nitrogen and oxygen atoms in total. The normalized spacial score (nSPS) is 15.9. The van der Waals surface area contributed by atoms with Gasteiger partial charge in [-0.3, -0.25) is 14.9 Å². The molecule has 2 aromatic carbocycles. The molecular weight excluding hydrogens is 389 g/mol. The van der Waals surface area contributed by atoms with E-state index in [1.807, 2.05) is 31.1 Å². The number of anilines is 2. The lowest BCUT2D eigenvalue weighted by Crippen LogP contribution is -2.54. The third kappa shape index (κ3) is 3.67. The van der Waals surface area contributed by atoms with Crippen LogP contribution in [-0.2, 0) is 9.59 Å². The second-order valence-corrected chi connectivity index (χ2v) is 6.80. The number of imide groups is 2. The van der Waals surface area contributed by atoms with Gasteiger partial charge in [-0.15, -0.1) is 0 Å². The van der Waals surface area contributed by atoms with E-state index in [9.17, 15) is 14.4 Å². The quantitative estimate of drug-likeness (QED) is 0.625. The maximum absolute atomic E-state index is 12.9. The van der Waals surface area contributed by atoms with Gasteiger partial charge in [0.15, 0.2) is 0 Å². The molecule has 2 aromatic rings. The van der Waals surface area contributed by atoms with E-state index in [-0.39, 0.29) is 21.3 Å². The van der Waals surface area contributed by atoms with Gasteiger partial charge in [-0.05, 0) is 35.9 Å².